The van der Waals surface area contributed by atoms with Crippen molar-refractivity contribution in [2.45, 2.75) is 37.4 Å². The van der Waals surface area contributed by atoms with Gasteiger partial charge in [-0.3, -0.25) is 4.79 Å². The van der Waals surface area contributed by atoms with Gasteiger partial charge in [-0.25, -0.2) is 0 Å². The monoisotopic (exact) mass is 266 g/mol. The summed E-state index contributed by atoms with van der Waals surface area (Å²) in [7, 11) is 0. The van der Waals surface area contributed by atoms with Gasteiger partial charge in [0.2, 0.25) is 5.91 Å². The van der Waals surface area contributed by atoms with Crippen LogP contribution in [0.5, 0.6) is 0 Å². The van der Waals surface area contributed by atoms with Crippen molar-refractivity contribution in [2.24, 2.45) is 5.41 Å². The molecule has 1 saturated heterocycles. The standard InChI is InChI=1S/C11H17F3N2O2/c12-11(13,14)10(4-5-15-6-10)8(18)16-9(7-17)2-1-3-9/h15,17H,1-7H2,(H,16,18). The molecule has 0 spiro atoms. The number of alkyl halides is 3. The molecule has 2 aliphatic rings. The first kappa shape index (κ1) is 13.6. The van der Waals surface area contributed by atoms with E-state index in [-0.39, 0.29) is 26.1 Å². The SMILES string of the molecule is O=C(NC1(CO)CCC1)C1(C(F)(F)F)CCNC1. The van der Waals surface area contributed by atoms with Crippen LogP contribution < -0.4 is 10.6 Å². The maximum Gasteiger partial charge on any atom is 0.404 e. The Kier molecular flexibility index (Phi) is 3.31. The molecule has 0 aromatic heterocycles. The van der Waals surface area contributed by atoms with Crippen molar-refractivity contribution in [3.63, 3.8) is 0 Å². The minimum atomic E-state index is -4.57. The molecule has 0 aromatic carbocycles. The van der Waals surface area contributed by atoms with Gasteiger partial charge in [-0.1, -0.05) is 0 Å². The van der Waals surface area contributed by atoms with Crippen molar-refractivity contribution in [1.82, 2.24) is 10.6 Å². The summed E-state index contributed by atoms with van der Waals surface area (Å²) in [6.07, 6.45) is -2.92. The maximum atomic E-state index is 13.1. The fourth-order valence-corrected chi connectivity index (χ4v) is 2.54. The van der Waals surface area contributed by atoms with Gasteiger partial charge in [-0.05, 0) is 32.2 Å². The second kappa shape index (κ2) is 4.38. The number of nitrogens with one attached hydrogen (secondary N) is 2. The molecule has 1 unspecified atom stereocenters. The molecule has 0 radical (unpaired) electrons. The number of carbonyl (C=O) groups is 1. The van der Waals surface area contributed by atoms with E-state index in [0.29, 0.717) is 12.8 Å². The number of hydrogen-bond donors (Lipinski definition) is 3. The quantitative estimate of drug-likeness (QED) is 0.699. The maximum absolute atomic E-state index is 13.1. The number of aliphatic hydroxyl groups excluding tert-OH is 1. The second-order valence-electron chi connectivity index (χ2n) is 5.25. The Bertz CT molecular complexity index is 328. The Morgan fingerprint density at radius 3 is 2.33 bits per heavy atom. The van der Waals surface area contributed by atoms with Crippen LogP contribution in [0.3, 0.4) is 0 Å². The van der Waals surface area contributed by atoms with Crippen LogP contribution in [-0.2, 0) is 4.79 Å². The molecule has 1 atom stereocenters. The predicted molar refractivity (Wildman–Crippen MR) is 57.8 cm³/mol. The first-order chi connectivity index (χ1) is 8.35. The molecular formula is C11H17F3N2O2. The van der Waals surface area contributed by atoms with Gasteiger partial charge in [-0.15, -0.1) is 0 Å². The summed E-state index contributed by atoms with van der Waals surface area (Å²) in [4.78, 5) is 12.0. The zero-order chi connectivity index (χ0) is 13.4. The molecule has 0 bridgehead atoms. The Morgan fingerprint density at radius 1 is 1.33 bits per heavy atom. The van der Waals surface area contributed by atoms with E-state index in [2.05, 4.69) is 10.6 Å². The average molecular weight is 266 g/mol. The largest absolute Gasteiger partial charge is 0.404 e. The van der Waals surface area contributed by atoms with Gasteiger partial charge >= 0.3 is 6.18 Å². The van der Waals surface area contributed by atoms with Crippen molar-refractivity contribution in [1.29, 1.82) is 0 Å². The summed E-state index contributed by atoms with van der Waals surface area (Å²) >= 11 is 0. The molecule has 2 fully saturated rings. The molecule has 4 nitrogen and oxygen atoms in total. The minimum absolute atomic E-state index is 0.180. The van der Waals surface area contributed by atoms with Crippen molar-refractivity contribution in [3.05, 3.63) is 0 Å². The average Bonchev–Trinajstić information content (AvgIpc) is 2.72. The van der Waals surface area contributed by atoms with Gasteiger partial charge in [0.25, 0.3) is 0 Å². The van der Waals surface area contributed by atoms with E-state index < -0.39 is 23.0 Å². The zero-order valence-corrected chi connectivity index (χ0v) is 9.94. The fraction of sp³-hybridized carbons (Fsp3) is 0.909. The number of rotatable bonds is 3. The van der Waals surface area contributed by atoms with E-state index in [9.17, 15) is 23.1 Å². The highest BCUT2D eigenvalue weighted by Gasteiger charge is 2.62. The third-order valence-corrected chi connectivity index (χ3v) is 4.12. The Morgan fingerprint density at radius 2 is 2.00 bits per heavy atom. The molecule has 1 amide bonds. The van der Waals surface area contributed by atoms with Crippen LogP contribution in [0.1, 0.15) is 25.7 Å². The van der Waals surface area contributed by atoms with Crippen molar-refractivity contribution >= 4 is 5.91 Å². The summed E-state index contributed by atoms with van der Waals surface area (Å²) < 4.78 is 39.3. The number of amides is 1. The summed E-state index contributed by atoms with van der Waals surface area (Å²) in [5, 5.41) is 14.2. The highest BCUT2D eigenvalue weighted by Crippen LogP contribution is 2.44. The highest BCUT2D eigenvalue weighted by molar-refractivity contribution is 5.85. The minimum Gasteiger partial charge on any atom is -0.394 e. The van der Waals surface area contributed by atoms with Crippen LogP contribution in [-0.4, -0.2) is 42.4 Å². The second-order valence-corrected chi connectivity index (χ2v) is 5.25. The summed E-state index contributed by atoms with van der Waals surface area (Å²) in [6, 6.07) is 0. The van der Waals surface area contributed by atoms with E-state index in [1.807, 2.05) is 0 Å². The van der Waals surface area contributed by atoms with E-state index >= 15 is 0 Å². The van der Waals surface area contributed by atoms with Crippen LogP contribution in [0.15, 0.2) is 0 Å². The van der Waals surface area contributed by atoms with Crippen LogP contribution in [0.25, 0.3) is 0 Å². The lowest BCUT2D eigenvalue weighted by molar-refractivity contribution is -0.217. The number of carbonyl (C=O) groups excluding carboxylic acids is 1. The lowest BCUT2D eigenvalue weighted by Crippen LogP contribution is -2.62. The molecule has 3 N–H and O–H groups in total. The number of halogens is 3. The van der Waals surface area contributed by atoms with Gasteiger partial charge in [-0.2, -0.15) is 13.2 Å². The third-order valence-electron chi connectivity index (χ3n) is 4.12. The Labute approximate surface area is 103 Å². The lowest BCUT2D eigenvalue weighted by Gasteiger charge is -2.43. The van der Waals surface area contributed by atoms with Crippen molar-refractivity contribution in [3.8, 4) is 0 Å². The van der Waals surface area contributed by atoms with Gasteiger partial charge in [0.15, 0.2) is 5.41 Å². The number of hydrogen-bond acceptors (Lipinski definition) is 3. The Hall–Kier alpha value is -0.820. The molecule has 1 aliphatic carbocycles. The van der Waals surface area contributed by atoms with E-state index in [0.717, 1.165) is 6.42 Å². The van der Waals surface area contributed by atoms with E-state index in [1.54, 1.807) is 0 Å². The fourth-order valence-electron chi connectivity index (χ4n) is 2.54. The molecular weight excluding hydrogens is 249 g/mol. The first-order valence-electron chi connectivity index (χ1n) is 6.06. The molecule has 1 heterocycles. The smallest absolute Gasteiger partial charge is 0.394 e. The lowest BCUT2D eigenvalue weighted by atomic mass is 9.75. The third kappa shape index (κ3) is 1.99. The van der Waals surface area contributed by atoms with E-state index in [4.69, 9.17) is 0 Å². The topological polar surface area (TPSA) is 61.4 Å². The number of aliphatic hydroxyl groups is 1. The van der Waals surface area contributed by atoms with Gasteiger partial charge in [0.1, 0.15) is 0 Å². The first-order valence-corrected chi connectivity index (χ1v) is 6.06. The zero-order valence-electron chi connectivity index (χ0n) is 9.94. The van der Waals surface area contributed by atoms with E-state index in [1.165, 1.54) is 0 Å². The molecule has 104 valence electrons. The Balaban J connectivity index is 2.15. The van der Waals surface area contributed by atoms with Crippen molar-refractivity contribution < 1.29 is 23.1 Å². The highest BCUT2D eigenvalue weighted by atomic mass is 19.4. The normalized spacial score (nSPS) is 30.9. The van der Waals surface area contributed by atoms with Crippen molar-refractivity contribution in [2.75, 3.05) is 19.7 Å². The van der Waals surface area contributed by atoms with Gasteiger partial charge in [0, 0.05) is 6.54 Å². The molecule has 18 heavy (non-hydrogen) atoms. The molecule has 7 heteroatoms. The molecule has 0 aromatic rings. The van der Waals surface area contributed by atoms with Crippen LogP contribution >= 0.6 is 0 Å². The molecule has 1 saturated carbocycles. The predicted octanol–water partition coefficient (Wildman–Crippen LogP) is 0.560. The van der Waals surface area contributed by atoms with Gasteiger partial charge in [0.05, 0.1) is 12.1 Å². The summed E-state index contributed by atoms with van der Waals surface area (Å²) in [5.74, 6) is -1.01. The molecule has 2 rings (SSSR count). The van der Waals surface area contributed by atoms with Crippen LogP contribution in [0.2, 0.25) is 0 Å². The summed E-state index contributed by atoms with van der Waals surface area (Å²) in [6.45, 7) is -0.511. The van der Waals surface area contributed by atoms with Crippen LogP contribution in [0.4, 0.5) is 13.2 Å². The van der Waals surface area contributed by atoms with Crippen LogP contribution in [0, 0.1) is 5.41 Å². The van der Waals surface area contributed by atoms with Gasteiger partial charge < -0.3 is 15.7 Å². The molecule has 1 aliphatic heterocycles. The summed E-state index contributed by atoms with van der Waals surface area (Å²) in [5.41, 5.74) is -3.18.